The molecule has 8 nitrogen and oxygen atoms in total. The third-order valence-electron chi connectivity index (χ3n) is 8.47. The third-order valence-corrected chi connectivity index (χ3v) is 9.28. The van der Waals surface area contributed by atoms with Crippen LogP contribution in [0, 0.1) is 5.41 Å². The number of aryl methyl sites for hydroxylation is 1. The first-order valence-electron chi connectivity index (χ1n) is 15.8. The summed E-state index contributed by atoms with van der Waals surface area (Å²) in [6.07, 6.45) is 4.08. The smallest absolute Gasteiger partial charge is 0.409 e. The van der Waals surface area contributed by atoms with Crippen molar-refractivity contribution in [2.24, 2.45) is 5.41 Å². The number of nitrogens with zero attached hydrogens (tertiary/aromatic N) is 3. The van der Waals surface area contributed by atoms with Gasteiger partial charge in [0.1, 0.15) is 5.75 Å². The summed E-state index contributed by atoms with van der Waals surface area (Å²) in [7, 11) is 0. The van der Waals surface area contributed by atoms with Crippen LogP contribution in [0.2, 0.25) is 10.0 Å². The summed E-state index contributed by atoms with van der Waals surface area (Å²) in [4.78, 5) is 31.9. The van der Waals surface area contributed by atoms with E-state index in [-0.39, 0.29) is 23.6 Å². The molecule has 1 N–H and O–H groups in total. The molecule has 0 radical (unpaired) electrons. The zero-order valence-corrected chi connectivity index (χ0v) is 28.4. The summed E-state index contributed by atoms with van der Waals surface area (Å²) in [5, 5.41) is 4.24. The lowest BCUT2D eigenvalue weighted by Gasteiger charge is -2.36. The van der Waals surface area contributed by atoms with Crippen LogP contribution in [-0.4, -0.2) is 68.5 Å². The molecule has 1 unspecified atom stereocenters. The fourth-order valence-corrected chi connectivity index (χ4v) is 6.57. The van der Waals surface area contributed by atoms with Crippen molar-refractivity contribution in [3.63, 3.8) is 0 Å². The quantitative estimate of drug-likeness (QED) is 0.240. The van der Waals surface area contributed by atoms with Crippen LogP contribution in [-0.2, 0) is 16.0 Å². The standard InChI is InChI=1S/C34H48Cl2N4O4/c1-6-34(5,23-33(2,3)4)37-32(42)44-24-40-29-22-26(14-12-25(29)13-15-30(40)41)43-21-8-7-16-38-17-19-39(20-18-38)28-11-9-10-27(35)31(28)36/h9-12,14,22H,6-8,13,15-21,23-24H2,1-5H3,(H,37,42). The number of benzene rings is 2. The van der Waals surface area contributed by atoms with Gasteiger partial charge in [-0.25, -0.2) is 4.79 Å². The number of unbranched alkanes of at least 4 members (excludes halogenated alkanes) is 1. The number of ether oxygens (including phenoxy) is 2. The molecule has 44 heavy (non-hydrogen) atoms. The summed E-state index contributed by atoms with van der Waals surface area (Å²) in [5.41, 5.74) is 2.46. The lowest BCUT2D eigenvalue weighted by atomic mass is 9.79. The highest BCUT2D eigenvalue weighted by Crippen LogP contribution is 2.34. The summed E-state index contributed by atoms with van der Waals surface area (Å²) in [5.74, 6) is 0.650. The monoisotopic (exact) mass is 646 g/mol. The van der Waals surface area contributed by atoms with E-state index in [0.717, 1.165) is 75.3 Å². The SMILES string of the molecule is CCC(C)(CC(C)(C)C)NC(=O)OCN1C(=O)CCc2ccc(OCCCCN3CCN(c4cccc(Cl)c4Cl)CC3)cc21. The number of hydrogen-bond acceptors (Lipinski definition) is 6. The maximum Gasteiger partial charge on any atom is 0.409 e. The van der Waals surface area contributed by atoms with Crippen molar-refractivity contribution >= 4 is 46.6 Å². The first-order valence-corrected chi connectivity index (χ1v) is 16.6. The zero-order valence-electron chi connectivity index (χ0n) is 26.9. The van der Waals surface area contributed by atoms with Gasteiger partial charge in [0, 0.05) is 44.2 Å². The highest BCUT2D eigenvalue weighted by atomic mass is 35.5. The van der Waals surface area contributed by atoms with Gasteiger partial charge in [-0.3, -0.25) is 14.6 Å². The highest BCUT2D eigenvalue weighted by Gasteiger charge is 2.32. The molecule has 1 atom stereocenters. The number of rotatable bonds is 12. The van der Waals surface area contributed by atoms with Crippen LogP contribution in [0.5, 0.6) is 5.75 Å². The molecule has 0 bridgehead atoms. The van der Waals surface area contributed by atoms with E-state index in [1.54, 1.807) is 4.90 Å². The molecule has 1 saturated heterocycles. The van der Waals surface area contributed by atoms with Gasteiger partial charge in [0.2, 0.25) is 5.91 Å². The molecule has 0 aromatic heterocycles. The number of alkyl carbamates (subject to hydrolysis) is 1. The number of piperazine rings is 1. The molecule has 2 aromatic rings. The van der Waals surface area contributed by atoms with E-state index in [1.807, 2.05) is 43.3 Å². The molecule has 0 saturated carbocycles. The number of anilines is 2. The van der Waals surface area contributed by atoms with Crippen molar-refractivity contribution in [2.45, 2.75) is 78.7 Å². The molecule has 0 aliphatic carbocycles. The Kier molecular flexibility index (Phi) is 11.7. The fourth-order valence-electron chi connectivity index (χ4n) is 6.16. The molecule has 10 heteroatoms. The number of halogens is 2. The Morgan fingerprint density at radius 1 is 0.977 bits per heavy atom. The second kappa shape index (κ2) is 15.1. The fraction of sp³-hybridized carbons (Fsp3) is 0.588. The normalized spacial score (nSPS) is 17.2. The number of nitrogens with one attached hydrogen (secondary N) is 1. The van der Waals surface area contributed by atoms with Crippen LogP contribution < -0.4 is 19.9 Å². The van der Waals surface area contributed by atoms with Gasteiger partial charge in [-0.15, -0.1) is 0 Å². The minimum atomic E-state index is -0.513. The number of fused-ring (bicyclic) bond motifs is 1. The van der Waals surface area contributed by atoms with E-state index in [4.69, 9.17) is 32.7 Å². The van der Waals surface area contributed by atoms with Gasteiger partial charge in [-0.05, 0) is 74.8 Å². The lowest BCUT2D eigenvalue weighted by molar-refractivity contribution is -0.119. The van der Waals surface area contributed by atoms with Gasteiger partial charge >= 0.3 is 6.09 Å². The van der Waals surface area contributed by atoms with Crippen molar-refractivity contribution in [1.29, 1.82) is 0 Å². The minimum Gasteiger partial charge on any atom is -0.494 e. The average molecular weight is 648 g/mol. The van der Waals surface area contributed by atoms with E-state index in [1.165, 1.54) is 0 Å². The maximum absolute atomic E-state index is 12.8. The van der Waals surface area contributed by atoms with Gasteiger partial charge in [-0.2, -0.15) is 0 Å². The second-order valence-electron chi connectivity index (χ2n) is 13.4. The predicted octanol–water partition coefficient (Wildman–Crippen LogP) is 7.54. The van der Waals surface area contributed by atoms with Crippen molar-refractivity contribution in [3.05, 3.63) is 52.0 Å². The van der Waals surface area contributed by atoms with Crippen LogP contribution in [0.25, 0.3) is 0 Å². The molecule has 242 valence electrons. The highest BCUT2D eigenvalue weighted by molar-refractivity contribution is 6.43. The molecule has 2 aromatic carbocycles. The molecule has 0 spiro atoms. The number of carbonyl (C=O) groups is 2. The molecule has 2 aliphatic heterocycles. The van der Waals surface area contributed by atoms with Gasteiger partial charge in [0.25, 0.3) is 0 Å². The summed E-state index contributed by atoms with van der Waals surface area (Å²) >= 11 is 12.6. The van der Waals surface area contributed by atoms with Crippen LogP contribution in [0.3, 0.4) is 0 Å². The maximum atomic E-state index is 12.8. The van der Waals surface area contributed by atoms with Crippen molar-refractivity contribution < 1.29 is 19.1 Å². The van der Waals surface area contributed by atoms with Crippen molar-refractivity contribution in [1.82, 2.24) is 10.2 Å². The van der Waals surface area contributed by atoms with Crippen LogP contribution in [0.4, 0.5) is 16.2 Å². The third kappa shape index (κ3) is 9.41. The zero-order chi connectivity index (χ0) is 31.9. The first kappa shape index (κ1) is 34.2. The largest absolute Gasteiger partial charge is 0.494 e. The number of carbonyl (C=O) groups excluding carboxylic acids is 2. The predicted molar refractivity (Wildman–Crippen MR) is 179 cm³/mol. The van der Waals surface area contributed by atoms with Gasteiger partial charge < -0.3 is 19.7 Å². The van der Waals surface area contributed by atoms with Crippen LogP contribution >= 0.6 is 23.2 Å². The Bertz CT molecular complexity index is 1290. The van der Waals surface area contributed by atoms with E-state index in [9.17, 15) is 9.59 Å². The average Bonchev–Trinajstić information content (AvgIpc) is 2.97. The minimum absolute atomic E-state index is 0.0547. The molecule has 2 amide bonds. The molecular formula is C34H48Cl2N4O4. The number of hydrogen-bond donors (Lipinski definition) is 1. The van der Waals surface area contributed by atoms with E-state index in [2.05, 4.69) is 42.8 Å². The summed E-state index contributed by atoms with van der Waals surface area (Å²) in [6, 6.07) is 11.6. The molecule has 2 aliphatic rings. The first-order chi connectivity index (χ1) is 20.9. The lowest BCUT2D eigenvalue weighted by Crippen LogP contribution is -2.49. The van der Waals surface area contributed by atoms with Crippen LogP contribution in [0.1, 0.15) is 72.3 Å². The molecular weight excluding hydrogens is 599 g/mol. The van der Waals surface area contributed by atoms with Crippen molar-refractivity contribution in [2.75, 3.05) is 55.9 Å². The topological polar surface area (TPSA) is 74.3 Å². The summed E-state index contributed by atoms with van der Waals surface area (Å²) < 4.78 is 11.7. The second-order valence-corrected chi connectivity index (χ2v) is 14.2. The van der Waals surface area contributed by atoms with Gasteiger partial charge in [0.05, 0.1) is 28.0 Å². The van der Waals surface area contributed by atoms with Crippen LogP contribution in [0.15, 0.2) is 36.4 Å². The molecule has 2 heterocycles. The Morgan fingerprint density at radius 3 is 2.43 bits per heavy atom. The summed E-state index contributed by atoms with van der Waals surface area (Å²) in [6.45, 7) is 15.8. The molecule has 1 fully saturated rings. The van der Waals surface area contributed by atoms with Gasteiger partial charge in [0.15, 0.2) is 6.73 Å². The Labute approximate surface area is 272 Å². The number of amides is 2. The van der Waals surface area contributed by atoms with E-state index in [0.29, 0.717) is 35.2 Å². The van der Waals surface area contributed by atoms with Crippen molar-refractivity contribution in [3.8, 4) is 5.75 Å². The van der Waals surface area contributed by atoms with Gasteiger partial charge in [-0.1, -0.05) is 63.0 Å². The Hall–Kier alpha value is -2.68. The van der Waals surface area contributed by atoms with E-state index >= 15 is 0 Å². The molecule has 4 rings (SSSR count). The Morgan fingerprint density at radius 2 is 1.73 bits per heavy atom. The van der Waals surface area contributed by atoms with E-state index < -0.39 is 6.09 Å². The Balaban J connectivity index is 1.22.